The molecule has 0 radical (unpaired) electrons. The zero-order valence-corrected chi connectivity index (χ0v) is 10.7. The molecular weight excluding hydrogens is 248 g/mol. The molecule has 0 spiro atoms. The fourth-order valence-corrected chi connectivity index (χ4v) is 2.37. The van der Waals surface area contributed by atoms with Gasteiger partial charge in [0.2, 0.25) is 0 Å². The summed E-state index contributed by atoms with van der Waals surface area (Å²) < 4.78 is 3.24. The molecule has 0 unspecified atom stereocenters. The first-order valence-electron chi connectivity index (χ1n) is 6.27. The van der Waals surface area contributed by atoms with Crippen LogP contribution in [0.4, 0.5) is 5.69 Å². The van der Waals surface area contributed by atoms with Crippen LogP contribution in [0.2, 0.25) is 0 Å². The Morgan fingerprint density at radius 2 is 2.16 bits per heavy atom. The molecule has 19 heavy (non-hydrogen) atoms. The number of aromatic nitrogens is 3. The van der Waals surface area contributed by atoms with Crippen LogP contribution < -0.4 is 5.69 Å². The molecule has 0 atom stereocenters. The van der Waals surface area contributed by atoms with Crippen LogP contribution in [0, 0.1) is 10.1 Å². The Morgan fingerprint density at radius 3 is 2.68 bits per heavy atom. The van der Waals surface area contributed by atoms with E-state index in [0.717, 1.165) is 12.8 Å². The zero-order chi connectivity index (χ0) is 13.7. The maximum Gasteiger partial charge on any atom is 0.330 e. The van der Waals surface area contributed by atoms with E-state index in [-0.39, 0.29) is 23.5 Å². The molecule has 3 rings (SSSR count). The van der Waals surface area contributed by atoms with E-state index >= 15 is 0 Å². The number of hydrogen-bond acceptors (Lipinski definition) is 4. The lowest BCUT2D eigenvalue weighted by Gasteiger charge is -2.05. The van der Waals surface area contributed by atoms with Gasteiger partial charge in [0.25, 0.3) is 5.69 Å². The fraction of sp³-hybridized carbons (Fsp3) is 0.500. The second-order valence-corrected chi connectivity index (χ2v) is 5.14. The van der Waals surface area contributed by atoms with Gasteiger partial charge >= 0.3 is 5.69 Å². The minimum absolute atomic E-state index is 0.0567. The predicted octanol–water partition coefficient (Wildman–Crippen LogP) is 2.02. The average Bonchev–Trinajstić information content (AvgIpc) is 3.11. The Hall–Kier alpha value is -2.18. The number of nitro groups is 1. The van der Waals surface area contributed by atoms with Crippen LogP contribution in [0.1, 0.15) is 38.8 Å². The molecule has 2 aromatic rings. The first-order chi connectivity index (χ1) is 9.00. The molecule has 2 heterocycles. The minimum atomic E-state index is -0.490. The van der Waals surface area contributed by atoms with E-state index in [1.807, 2.05) is 13.8 Å². The lowest BCUT2D eigenvalue weighted by atomic mass is 10.3. The molecule has 7 heteroatoms. The summed E-state index contributed by atoms with van der Waals surface area (Å²) in [7, 11) is 0. The van der Waals surface area contributed by atoms with Crippen molar-refractivity contribution in [1.82, 2.24) is 14.1 Å². The van der Waals surface area contributed by atoms with E-state index in [9.17, 15) is 14.9 Å². The fourth-order valence-electron chi connectivity index (χ4n) is 2.37. The van der Waals surface area contributed by atoms with Crippen LogP contribution in [0.3, 0.4) is 0 Å². The smallest absolute Gasteiger partial charge is 0.288 e. The van der Waals surface area contributed by atoms with Crippen molar-refractivity contribution in [2.75, 3.05) is 0 Å². The number of nitrogens with zero attached hydrogens (tertiary/aromatic N) is 4. The van der Waals surface area contributed by atoms with Gasteiger partial charge in [-0.1, -0.05) is 0 Å². The van der Waals surface area contributed by atoms with E-state index < -0.39 is 4.92 Å². The summed E-state index contributed by atoms with van der Waals surface area (Å²) in [6.07, 6.45) is 3.15. The van der Waals surface area contributed by atoms with Crippen LogP contribution >= 0.6 is 0 Å². The molecule has 1 saturated carbocycles. The average molecular weight is 262 g/mol. The van der Waals surface area contributed by atoms with E-state index in [2.05, 4.69) is 4.98 Å². The second-order valence-electron chi connectivity index (χ2n) is 5.14. The molecule has 0 bridgehead atoms. The van der Waals surface area contributed by atoms with Crippen LogP contribution in [0.15, 0.2) is 17.1 Å². The number of hydrogen-bond donors (Lipinski definition) is 0. The largest absolute Gasteiger partial charge is 0.330 e. The SMILES string of the molecule is CC(C)n1c(=O)n(C2CC2)c2ncc([N+](=O)[O-])cc21. The van der Waals surface area contributed by atoms with Crippen molar-refractivity contribution in [2.45, 2.75) is 38.8 Å². The standard InChI is InChI=1S/C12H14N4O3/c1-7(2)14-10-5-9(16(18)19)6-13-11(10)15(12(14)17)8-3-4-8/h5-8H,3-4H2,1-2H3. The third-order valence-electron chi connectivity index (χ3n) is 3.37. The van der Waals surface area contributed by atoms with Crippen LogP contribution in [0.5, 0.6) is 0 Å². The first-order valence-corrected chi connectivity index (χ1v) is 6.27. The van der Waals surface area contributed by atoms with Crippen LogP contribution in [-0.2, 0) is 0 Å². The summed E-state index contributed by atoms with van der Waals surface area (Å²) >= 11 is 0. The first kappa shape index (κ1) is 11.9. The molecular formula is C12H14N4O3. The highest BCUT2D eigenvalue weighted by atomic mass is 16.6. The third kappa shape index (κ3) is 1.73. The molecule has 1 fully saturated rings. The molecule has 2 aromatic heterocycles. The Balaban J connectivity index is 2.36. The Bertz CT molecular complexity index is 724. The van der Waals surface area contributed by atoms with Gasteiger partial charge in [0, 0.05) is 18.2 Å². The highest BCUT2D eigenvalue weighted by Gasteiger charge is 2.30. The van der Waals surface area contributed by atoms with Crippen LogP contribution in [-0.4, -0.2) is 19.0 Å². The molecule has 100 valence electrons. The van der Waals surface area contributed by atoms with Gasteiger partial charge in [0.15, 0.2) is 5.65 Å². The molecule has 0 aromatic carbocycles. The summed E-state index contributed by atoms with van der Waals surface area (Å²) in [6.45, 7) is 3.77. The number of rotatable bonds is 3. The normalized spacial score (nSPS) is 15.3. The summed E-state index contributed by atoms with van der Waals surface area (Å²) in [4.78, 5) is 26.9. The van der Waals surface area contributed by atoms with Crippen LogP contribution in [0.25, 0.3) is 11.2 Å². The van der Waals surface area contributed by atoms with E-state index in [1.165, 1.54) is 12.3 Å². The summed E-state index contributed by atoms with van der Waals surface area (Å²) in [5.74, 6) is 0. The number of pyridine rings is 1. The minimum Gasteiger partial charge on any atom is -0.288 e. The molecule has 0 aliphatic heterocycles. The van der Waals surface area contributed by atoms with Crippen molar-refractivity contribution < 1.29 is 4.92 Å². The number of imidazole rings is 1. The highest BCUT2D eigenvalue weighted by Crippen LogP contribution is 2.36. The molecule has 0 amide bonds. The third-order valence-corrected chi connectivity index (χ3v) is 3.37. The lowest BCUT2D eigenvalue weighted by molar-refractivity contribution is -0.385. The van der Waals surface area contributed by atoms with Crippen molar-refractivity contribution in [1.29, 1.82) is 0 Å². The quantitative estimate of drug-likeness (QED) is 0.625. The van der Waals surface area contributed by atoms with E-state index in [0.29, 0.717) is 11.2 Å². The van der Waals surface area contributed by atoms with Gasteiger partial charge < -0.3 is 0 Å². The predicted molar refractivity (Wildman–Crippen MR) is 69.3 cm³/mol. The second kappa shape index (κ2) is 3.91. The Morgan fingerprint density at radius 1 is 1.47 bits per heavy atom. The molecule has 0 N–H and O–H groups in total. The van der Waals surface area contributed by atoms with Gasteiger partial charge in [-0.2, -0.15) is 0 Å². The summed E-state index contributed by atoms with van der Waals surface area (Å²) in [6, 6.07) is 1.57. The van der Waals surface area contributed by atoms with Crippen molar-refractivity contribution in [3.05, 3.63) is 32.9 Å². The monoisotopic (exact) mass is 262 g/mol. The topological polar surface area (TPSA) is 83.0 Å². The Labute approximate surface area is 108 Å². The van der Waals surface area contributed by atoms with Gasteiger partial charge in [-0.3, -0.25) is 19.2 Å². The number of fused-ring (bicyclic) bond motifs is 1. The van der Waals surface area contributed by atoms with Gasteiger partial charge in [0.1, 0.15) is 6.20 Å². The van der Waals surface area contributed by atoms with Crippen molar-refractivity contribution in [3.8, 4) is 0 Å². The van der Waals surface area contributed by atoms with Gasteiger partial charge in [-0.05, 0) is 26.7 Å². The lowest BCUT2D eigenvalue weighted by Crippen LogP contribution is -2.25. The van der Waals surface area contributed by atoms with Crippen molar-refractivity contribution in [3.63, 3.8) is 0 Å². The molecule has 0 saturated heterocycles. The molecule has 7 nitrogen and oxygen atoms in total. The van der Waals surface area contributed by atoms with Crippen molar-refractivity contribution in [2.24, 2.45) is 0 Å². The van der Waals surface area contributed by atoms with Crippen molar-refractivity contribution >= 4 is 16.9 Å². The van der Waals surface area contributed by atoms with Gasteiger partial charge in [-0.25, -0.2) is 9.78 Å². The summed E-state index contributed by atoms with van der Waals surface area (Å²) in [5.41, 5.74) is 0.878. The maximum absolute atomic E-state index is 12.4. The maximum atomic E-state index is 12.4. The molecule has 1 aliphatic carbocycles. The van der Waals surface area contributed by atoms with Gasteiger partial charge in [-0.15, -0.1) is 0 Å². The zero-order valence-electron chi connectivity index (χ0n) is 10.7. The highest BCUT2D eigenvalue weighted by molar-refractivity contribution is 5.74. The summed E-state index contributed by atoms with van der Waals surface area (Å²) in [5, 5.41) is 10.8. The van der Waals surface area contributed by atoms with E-state index in [1.54, 1.807) is 9.13 Å². The van der Waals surface area contributed by atoms with E-state index in [4.69, 9.17) is 0 Å². The molecule has 1 aliphatic rings. The Kier molecular flexibility index (Phi) is 2.44. The van der Waals surface area contributed by atoms with Gasteiger partial charge in [0.05, 0.1) is 10.4 Å².